The number of aromatic nitrogens is 16. The third-order valence-corrected chi connectivity index (χ3v) is 27.8. The largest absolute Gasteiger partial charge is 0.446 e. The predicted octanol–water partition coefficient (Wildman–Crippen LogP) is 7.75. The van der Waals surface area contributed by atoms with Gasteiger partial charge in [0.1, 0.15) is 99.9 Å². The number of oxazole rings is 1. The molecule has 4 saturated heterocycles. The van der Waals surface area contributed by atoms with Crippen molar-refractivity contribution in [2.24, 2.45) is 64.0 Å². The van der Waals surface area contributed by atoms with Gasteiger partial charge < -0.3 is 75.0 Å². The first-order valence-corrected chi connectivity index (χ1v) is 50.8. The van der Waals surface area contributed by atoms with Crippen LogP contribution in [-0.4, -0.2) is 219 Å². The second-order valence-corrected chi connectivity index (χ2v) is 39.1. The number of nitrogens with zero attached hydrogens (tertiary/aromatic N) is 22. The number of rotatable bonds is 20. The van der Waals surface area contributed by atoms with Crippen molar-refractivity contribution in [1.29, 1.82) is 21.6 Å². The molecule has 148 heavy (non-hydrogen) atoms. The Kier molecular flexibility index (Phi) is 33.4. The molecule has 15 aromatic heterocycles. The summed E-state index contributed by atoms with van der Waals surface area (Å²) in [5.41, 5.74) is 29.1. The molecule has 0 spiro atoms. The van der Waals surface area contributed by atoms with Crippen molar-refractivity contribution >= 4 is 147 Å². The summed E-state index contributed by atoms with van der Waals surface area (Å²) < 4.78 is 59.3. The molecule has 37 nitrogen and oxygen atoms in total. The van der Waals surface area contributed by atoms with Crippen LogP contribution in [0.3, 0.4) is 0 Å². The second-order valence-electron chi connectivity index (χ2n) is 36.7. The van der Waals surface area contributed by atoms with E-state index in [-0.39, 0.29) is 35.1 Å². The first kappa shape index (κ1) is 103. The Labute approximate surface area is 866 Å². The van der Waals surface area contributed by atoms with Crippen LogP contribution in [0.2, 0.25) is 5.02 Å². The highest BCUT2D eigenvalue weighted by Gasteiger charge is 2.25. The lowest BCUT2D eigenvalue weighted by Gasteiger charge is -2.29. The van der Waals surface area contributed by atoms with Gasteiger partial charge in [-0.3, -0.25) is 40.6 Å². The summed E-state index contributed by atoms with van der Waals surface area (Å²) in [4.78, 5) is 39.9. The van der Waals surface area contributed by atoms with E-state index in [4.69, 9.17) is 49.1 Å². The molecule has 0 radical (unpaired) electrons. The number of carbonyl (C=O) groups excluding carboxylic acids is 2. The fourth-order valence-electron chi connectivity index (χ4n) is 17.8. The molecule has 0 aliphatic carbocycles. The molecular formula is C106H123ClF2N34O3S2+6. The number of piperazine rings is 4. The normalized spacial score (nSPS) is 13.9. The fraction of sp³-hybridized carbons (Fsp3) is 0.283. The number of fused-ring (bicyclic) bond motifs is 6. The monoisotopic (exact) mass is 2060 g/mol. The number of benzene rings is 3. The minimum Gasteiger partial charge on any atom is -0.446 e. The van der Waals surface area contributed by atoms with Crippen LogP contribution in [0.25, 0.3) is 65.4 Å². The average Bonchev–Trinajstić information content (AvgIpc) is 1.52. The van der Waals surface area contributed by atoms with Gasteiger partial charge in [0.15, 0.2) is 86.0 Å². The van der Waals surface area contributed by atoms with E-state index < -0.39 is 0 Å². The van der Waals surface area contributed by atoms with Crippen LogP contribution >= 0.6 is 34.3 Å². The third kappa shape index (κ3) is 26.1. The van der Waals surface area contributed by atoms with Crippen molar-refractivity contribution in [2.75, 3.05) is 105 Å². The zero-order chi connectivity index (χ0) is 104. The Morgan fingerprint density at radius 2 is 0.818 bits per heavy atom. The van der Waals surface area contributed by atoms with Crippen molar-refractivity contribution in [3.63, 3.8) is 0 Å². The van der Waals surface area contributed by atoms with Gasteiger partial charge in [0.2, 0.25) is 17.7 Å². The van der Waals surface area contributed by atoms with Gasteiger partial charge in [-0.2, -0.15) is 20.4 Å². The molecule has 0 atom stereocenters. The highest BCUT2D eigenvalue weighted by atomic mass is 35.5. The lowest BCUT2D eigenvalue weighted by Crippen LogP contribution is -2.46. The molecule has 0 unspecified atom stereocenters. The summed E-state index contributed by atoms with van der Waals surface area (Å²) in [6.45, 7) is 20.0. The molecule has 762 valence electrons. The van der Waals surface area contributed by atoms with E-state index in [1.807, 2.05) is 245 Å². The molecule has 4 fully saturated rings. The third-order valence-electron chi connectivity index (χ3n) is 25.7. The van der Waals surface area contributed by atoms with E-state index in [9.17, 15) is 18.4 Å². The summed E-state index contributed by atoms with van der Waals surface area (Å²) in [6, 6.07) is 39.2. The first-order valence-electron chi connectivity index (χ1n) is 48.7. The smallest absolute Gasteiger partial charge is 0.237 e. The van der Waals surface area contributed by atoms with E-state index in [1.165, 1.54) is 59.4 Å². The number of amides is 2. The van der Waals surface area contributed by atoms with E-state index in [1.54, 1.807) is 23.5 Å². The standard InChI is InChI=1S/C20H22ClFN5.C20H23FN5.C19H23N6.C17H21N6S.C15H16N6O2.C15H16N6OS/c1-25-6-3-19-14(12-25)2-7-27(19)13-16-17(21)10-15(11-18(16)22)20(23)26-8-4-24-5-9-26;1-24-8-5-19-17(13-24)4-9-26(19)14-16-3-2-15(12-18(16)21)20(22)25-10-6-23-7-11-25;1-23-9-6-18-17(14-23)12-22-25(18)13-15-2-4-16(5-3-15)19(20)24-10-7-21-8-11-24;1-21-5-2-16-14(10-21)9-20-23(16)11-15-8-13(12-24-15)17(18)22-6-3-19-4-7-22;2*1-10(22)18-19-15(16)12-9-23-14(17-12)8-21-6-3-11-7-20(2)5-4-13(11)21/h2-3,6-7,10-12,23-24H,4-5,8-9,13H2,1H3;2-5,8-9,12-13,22-23H,6-7,10-11,14H2,1H3;2-6,9,12,14,20-21H,7-8,10-11,13H2,1H3;2,5,8-10,12,18-19H,3-4,6-7,11H2,1H3;2*3-7,9H,8H2,1-2H3,(H2-,16,18,19,22)/q4*+1;;/p+2. The van der Waals surface area contributed by atoms with Crippen LogP contribution in [0.1, 0.15) is 80.0 Å². The first-order chi connectivity index (χ1) is 71.6. The number of thiophene rings is 1. The van der Waals surface area contributed by atoms with Gasteiger partial charge in [-0.05, 0) is 54.1 Å². The highest BCUT2D eigenvalue weighted by molar-refractivity contribution is 7.10. The van der Waals surface area contributed by atoms with Gasteiger partial charge in [-0.15, -0.1) is 22.7 Å². The summed E-state index contributed by atoms with van der Waals surface area (Å²) in [5, 5.41) is 75.3. The number of hydrazone groups is 2. The van der Waals surface area contributed by atoms with Crippen LogP contribution in [0.4, 0.5) is 8.78 Å². The maximum Gasteiger partial charge on any atom is 0.237 e. The maximum absolute atomic E-state index is 14.9. The predicted molar refractivity (Wildman–Crippen MR) is 570 cm³/mol. The van der Waals surface area contributed by atoms with Crippen LogP contribution in [0, 0.1) is 33.3 Å². The van der Waals surface area contributed by atoms with E-state index in [0.29, 0.717) is 94.1 Å². The molecule has 19 heterocycles. The van der Waals surface area contributed by atoms with Crippen LogP contribution in [0.15, 0.2) is 265 Å². The van der Waals surface area contributed by atoms with Gasteiger partial charge in [0, 0.05) is 234 Å². The lowest BCUT2D eigenvalue weighted by atomic mass is 10.1. The average molecular weight is 2060 g/mol. The number of thiazole rings is 1. The number of nitrogens with two attached hydrogens (primary N) is 2. The quantitative estimate of drug-likeness (QED) is 0.0150. The summed E-state index contributed by atoms with van der Waals surface area (Å²) in [6.07, 6.45) is 37.6. The van der Waals surface area contributed by atoms with Crippen LogP contribution in [-0.2, 0) is 91.1 Å². The summed E-state index contributed by atoms with van der Waals surface area (Å²) >= 11 is 9.64. The number of aryl methyl sites for hydroxylation is 6. The fourth-order valence-corrected chi connectivity index (χ4v) is 19.7. The van der Waals surface area contributed by atoms with Gasteiger partial charge >= 0.3 is 0 Å². The molecule has 0 saturated carbocycles. The van der Waals surface area contributed by atoms with Crippen molar-refractivity contribution in [3.8, 4) is 0 Å². The Morgan fingerprint density at radius 1 is 0.426 bits per heavy atom. The van der Waals surface area contributed by atoms with E-state index in [2.05, 4.69) is 154 Å². The van der Waals surface area contributed by atoms with Crippen molar-refractivity contribution in [2.45, 2.75) is 53.1 Å². The number of amidine groups is 6. The number of hydrogen-bond donors (Lipinski definition) is 12. The molecule has 3 aromatic carbocycles. The minimum atomic E-state index is -0.374. The number of nitrogens with one attached hydrogen (secondary N) is 10. The zero-order valence-electron chi connectivity index (χ0n) is 83.9. The van der Waals surface area contributed by atoms with E-state index in [0.717, 1.165) is 194 Å². The Hall–Kier alpha value is -16.1. The molecule has 4 aliphatic rings. The molecule has 0 bridgehead atoms. The number of halogens is 3. The number of hydrogen-bond acceptors (Lipinski definition) is 19. The van der Waals surface area contributed by atoms with Crippen LogP contribution in [0.5, 0.6) is 0 Å². The Morgan fingerprint density at radius 3 is 1.27 bits per heavy atom. The number of carbonyl (C=O) groups is 2. The summed E-state index contributed by atoms with van der Waals surface area (Å²) in [5.74, 6) is 1.57. The van der Waals surface area contributed by atoms with E-state index >= 15 is 0 Å². The molecule has 14 N–H and O–H groups in total. The number of pyridine rings is 6. The molecular weight excluding hydrogens is 1930 g/mol. The SMILES string of the molecule is CC(=O)NN=C(N)c1coc(Cn2ccc3c[n+](C)ccc32)n1.CC(=O)NN=C(N)c1csc(Cn2ccc3c[n+](C)ccc32)n1.C[n+]1ccc2c(ccn2Cc2c(F)cc(C(=N)N3CCNCC3)cc2Cl)c1.C[n+]1ccc2c(ccn2Cc2ccc(C(=N)N3CCNCC3)cc2F)c1.C[n+]1ccc2c(cnn2Cc2cc(C(=N)N3CCNCC3)cs2)c1.C[n+]1ccc2c(cnn2Cc2ccc(C(=N)N3CCNCC3)cc2)c1. The Bertz CT molecular complexity index is 7720. The van der Waals surface area contributed by atoms with Gasteiger partial charge in [0.05, 0.1) is 117 Å². The summed E-state index contributed by atoms with van der Waals surface area (Å²) in [7, 11) is 12.0. The highest BCUT2D eigenvalue weighted by Crippen LogP contribution is 2.29. The second kappa shape index (κ2) is 47.9. The van der Waals surface area contributed by atoms with Crippen molar-refractivity contribution < 1.29 is 50.2 Å². The molecule has 18 aromatic rings. The minimum absolute atomic E-state index is 0.0968. The molecule has 4 aliphatic heterocycles. The Balaban J connectivity index is 0.000000121. The molecule has 42 heteroatoms. The topological polar surface area (TPSA) is 409 Å². The van der Waals surface area contributed by atoms with Gasteiger partial charge in [-0.1, -0.05) is 48.0 Å². The van der Waals surface area contributed by atoms with Crippen molar-refractivity contribution in [3.05, 3.63) is 333 Å². The molecule has 22 rings (SSSR count). The zero-order valence-corrected chi connectivity index (χ0v) is 86.3. The van der Waals surface area contributed by atoms with Crippen molar-refractivity contribution in [1.82, 2.24) is 99.5 Å². The van der Waals surface area contributed by atoms with Gasteiger partial charge in [0.25, 0.3) is 0 Å². The maximum atomic E-state index is 14.9. The van der Waals surface area contributed by atoms with Crippen LogP contribution < -0.4 is 71.0 Å². The molecule has 2 amide bonds. The lowest BCUT2D eigenvalue weighted by molar-refractivity contribution is -0.670. The van der Waals surface area contributed by atoms with Gasteiger partial charge in [-0.25, -0.2) is 57.0 Å².